The molecule has 22 heavy (non-hydrogen) atoms. The van der Waals surface area contributed by atoms with Gasteiger partial charge >= 0.3 is 0 Å². The predicted octanol–water partition coefficient (Wildman–Crippen LogP) is 3.28. The van der Waals surface area contributed by atoms with Gasteiger partial charge in [-0.2, -0.15) is 5.26 Å². The molecule has 0 saturated heterocycles. The number of benzene rings is 2. The van der Waals surface area contributed by atoms with Crippen molar-refractivity contribution < 1.29 is 8.42 Å². The molecule has 1 N–H and O–H groups in total. The van der Waals surface area contributed by atoms with E-state index in [4.69, 9.17) is 16.9 Å². The molecule has 0 aliphatic rings. The molecule has 0 aliphatic heterocycles. The molecule has 0 aromatic heterocycles. The van der Waals surface area contributed by atoms with Crippen LogP contribution in [0, 0.1) is 11.3 Å². The molecule has 0 amide bonds. The van der Waals surface area contributed by atoms with Crippen LogP contribution in [0.15, 0.2) is 58.3 Å². The van der Waals surface area contributed by atoms with E-state index in [1.807, 2.05) is 18.2 Å². The van der Waals surface area contributed by atoms with Gasteiger partial charge in [0.05, 0.1) is 16.5 Å². The summed E-state index contributed by atoms with van der Waals surface area (Å²) in [6.45, 7) is 0.298. The Morgan fingerprint density at radius 3 is 2.59 bits per heavy atom. The highest BCUT2D eigenvalue weighted by Crippen LogP contribution is 2.20. The Morgan fingerprint density at radius 2 is 1.91 bits per heavy atom. The monoisotopic (exact) mass is 352 g/mol. The third-order valence-corrected chi connectivity index (χ3v) is 5.47. The highest BCUT2D eigenvalue weighted by molar-refractivity contribution is 7.99. The van der Waals surface area contributed by atoms with Gasteiger partial charge in [-0.25, -0.2) is 13.1 Å². The number of thioether (sulfide) groups is 1. The molecule has 0 heterocycles. The lowest BCUT2D eigenvalue weighted by Gasteiger charge is -2.07. The first kappa shape index (κ1) is 16.8. The van der Waals surface area contributed by atoms with Crippen molar-refractivity contribution in [2.75, 3.05) is 12.3 Å². The molecule has 0 unspecified atom stereocenters. The van der Waals surface area contributed by atoms with Crippen molar-refractivity contribution in [1.29, 1.82) is 5.26 Å². The van der Waals surface area contributed by atoms with Crippen LogP contribution in [0.2, 0.25) is 5.02 Å². The zero-order chi connectivity index (χ0) is 16.0. The number of hydrogen-bond donors (Lipinski definition) is 1. The maximum absolute atomic E-state index is 12.1. The molecule has 7 heteroatoms. The van der Waals surface area contributed by atoms with Crippen LogP contribution in [0.4, 0.5) is 0 Å². The molecule has 0 bridgehead atoms. The third-order valence-electron chi connectivity index (χ3n) is 2.75. The normalized spacial score (nSPS) is 11.1. The van der Waals surface area contributed by atoms with Crippen molar-refractivity contribution in [1.82, 2.24) is 4.72 Å². The number of sulfonamides is 1. The second kappa shape index (κ2) is 7.65. The number of hydrogen-bond acceptors (Lipinski definition) is 4. The fraction of sp³-hybridized carbons (Fsp3) is 0.133. The van der Waals surface area contributed by atoms with E-state index < -0.39 is 10.0 Å². The lowest BCUT2D eigenvalue weighted by molar-refractivity contribution is 0.584. The Balaban J connectivity index is 1.90. The van der Waals surface area contributed by atoms with E-state index in [-0.39, 0.29) is 4.90 Å². The highest BCUT2D eigenvalue weighted by atomic mass is 35.5. The zero-order valence-electron chi connectivity index (χ0n) is 11.5. The van der Waals surface area contributed by atoms with Gasteiger partial charge in [0.1, 0.15) is 0 Å². The van der Waals surface area contributed by atoms with E-state index in [0.29, 0.717) is 22.9 Å². The lowest BCUT2D eigenvalue weighted by atomic mass is 10.2. The minimum absolute atomic E-state index is 0.100. The lowest BCUT2D eigenvalue weighted by Crippen LogP contribution is -2.26. The van der Waals surface area contributed by atoms with Crippen molar-refractivity contribution in [2.45, 2.75) is 9.79 Å². The Bertz CT molecular complexity index is 784. The minimum atomic E-state index is -3.59. The summed E-state index contributed by atoms with van der Waals surface area (Å²) in [5, 5.41) is 9.48. The molecule has 2 rings (SSSR count). The van der Waals surface area contributed by atoms with Crippen LogP contribution in [0.1, 0.15) is 5.56 Å². The zero-order valence-corrected chi connectivity index (χ0v) is 13.9. The van der Waals surface area contributed by atoms with Gasteiger partial charge in [0.25, 0.3) is 0 Å². The van der Waals surface area contributed by atoms with E-state index in [1.165, 1.54) is 23.9 Å². The molecule has 2 aromatic rings. The molecule has 0 saturated carbocycles. The summed E-state index contributed by atoms with van der Waals surface area (Å²) in [6.07, 6.45) is 0. The van der Waals surface area contributed by atoms with Gasteiger partial charge < -0.3 is 0 Å². The van der Waals surface area contributed by atoms with Crippen LogP contribution < -0.4 is 4.72 Å². The summed E-state index contributed by atoms with van der Waals surface area (Å²) in [7, 11) is -3.59. The van der Waals surface area contributed by atoms with Crippen molar-refractivity contribution in [3.8, 4) is 6.07 Å². The van der Waals surface area contributed by atoms with Gasteiger partial charge in [-0.3, -0.25) is 0 Å². The minimum Gasteiger partial charge on any atom is -0.210 e. The largest absolute Gasteiger partial charge is 0.240 e. The molecule has 2 aromatic carbocycles. The molecule has 0 aliphatic carbocycles. The van der Waals surface area contributed by atoms with E-state index in [2.05, 4.69) is 4.72 Å². The Kier molecular flexibility index (Phi) is 5.86. The molecule has 0 atom stereocenters. The summed E-state index contributed by atoms with van der Waals surface area (Å²) in [6, 6.07) is 15.2. The Morgan fingerprint density at radius 1 is 1.18 bits per heavy atom. The van der Waals surface area contributed by atoms with Crippen molar-refractivity contribution >= 4 is 33.4 Å². The van der Waals surface area contributed by atoms with E-state index >= 15 is 0 Å². The predicted molar refractivity (Wildman–Crippen MR) is 88.5 cm³/mol. The third kappa shape index (κ3) is 4.75. The van der Waals surface area contributed by atoms with Crippen LogP contribution in [0.5, 0.6) is 0 Å². The second-order valence-corrected chi connectivity index (χ2v) is 7.71. The first-order valence-electron chi connectivity index (χ1n) is 6.39. The first-order valence-corrected chi connectivity index (χ1v) is 9.24. The second-order valence-electron chi connectivity index (χ2n) is 4.34. The molecular formula is C15H13ClN2O2S2. The summed E-state index contributed by atoms with van der Waals surface area (Å²) >= 11 is 7.34. The smallest absolute Gasteiger partial charge is 0.210 e. The topological polar surface area (TPSA) is 70.0 Å². The number of nitrogens with one attached hydrogen (secondary N) is 1. The SMILES string of the molecule is N#Cc1cccc(S(=O)(=O)NCCSc2ccc(Cl)cc2)c1. The van der Waals surface area contributed by atoms with Crippen LogP contribution >= 0.6 is 23.4 Å². The van der Waals surface area contributed by atoms with Crippen LogP contribution in [0.3, 0.4) is 0 Å². The van der Waals surface area contributed by atoms with E-state index in [1.54, 1.807) is 24.3 Å². The van der Waals surface area contributed by atoms with Gasteiger partial charge in [-0.1, -0.05) is 17.7 Å². The van der Waals surface area contributed by atoms with Gasteiger partial charge in [-0.05, 0) is 42.5 Å². The number of nitrogens with zero attached hydrogens (tertiary/aromatic N) is 1. The van der Waals surface area contributed by atoms with Crippen molar-refractivity contribution in [2.24, 2.45) is 0 Å². The average molecular weight is 353 g/mol. The van der Waals surface area contributed by atoms with Gasteiger partial charge in [0, 0.05) is 22.2 Å². The van der Waals surface area contributed by atoms with Gasteiger partial charge in [0.2, 0.25) is 10.0 Å². The van der Waals surface area contributed by atoms with Crippen LogP contribution in [-0.2, 0) is 10.0 Å². The molecule has 0 spiro atoms. The molecular weight excluding hydrogens is 340 g/mol. The molecule has 0 fully saturated rings. The van der Waals surface area contributed by atoms with Crippen LogP contribution in [-0.4, -0.2) is 20.7 Å². The van der Waals surface area contributed by atoms with Gasteiger partial charge in [-0.15, -0.1) is 11.8 Å². The maximum atomic E-state index is 12.1. The first-order chi connectivity index (χ1) is 10.5. The fourth-order valence-corrected chi connectivity index (χ4v) is 3.79. The maximum Gasteiger partial charge on any atom is 0.240 e. The van der Waals surface area contributed by atoms with E-state index in [0.717, 1.165) is 4.90 Å². The quantitative estimate of drug-likeness (QED) is 0.639. The van der Waals surface area contributed by atoms with Crippen molar-refractivity contribution in [3.05, 3.63) is 59.1 Å². The van der Waals surface area contributed by atoms with Gasteiger partial charge in [0.15, 0.2) is 0 Å². The average Bonchev–Trinajstić information content (AvgIpc) is 2.53. The highest BCUT2D eigenvalue weighted by Gasteiger charge is 2.13. The molecule has 4 nitrogen and oxygen atoms in total. The summed E-state index contributed by atoms with van der Waals surface area (Å²) in [5.41, 5.74) is 0.318. The summed E-state index contributed by atoms with van der Waals surface area (Å²) < 4.78 is 26.7. The van der Waals surface area contributed by atoms with E-state index in [9.17, 15) is 8.42 Å². The number of rotatable bonds is 6. The Labute approximate surface area is 139 Å². The standard InChI is InChI=1S/C15H13ClN2O2S2/c16-13-4-6-14(7-5-13)21-9-8-18-22(19,20)15-3-1-2-12(10-15)11-17/h1-7,10,18H,8-9H2. The summed E-state index contributed by atoms with van der Waals surface area (Å²) in [4.78, 5) is 1.12. The van der Waals surface area contributed by atoms with Crippen LogP contribution in [0.25, 0.3) is 0 Å². The number of nitriles is 1. The molecule has 0 radical (unpaired) electrons. The van der Waals surface area contributed by atoms with Crippen molar-refractivity contribution in [3.63, 3.8) is 0 Å². The number of halogens is 1. The summed E-state index contributed by atoms with van der Waals surface area (Å²) in [5.74, 6) is 0.596. The fourth-order valence-electron chi connectivity index (χ4n) is 1.69. The Hall–Kier alpha value is -1.52. The molecule has 114 valence electrons.